The molecular formula is C15H16Br2N2O4. The highest BCUT2D eigenvalue weighted by Gasteiger charge is 2.15. The number of nitrogens with one attached hydrogen (secondary N) is 1. The molecule has 1 N–H and O–H groups in total. The Morgan fingerprint density at radius 3 is 2.87 bits per heavy atom. The summed E-state index contributed by atoms with van der Waals surface area (Å²) in [7, 11) is 1.60. The number of hydrogen-bond acceptors (Lipinski definition) is 5. The fraction of sp³-hybridized carbons (Fsp3) is 0.333. The van der Waals surface area contributed by atoms with Gasteiger partial charge in [0, 0.05) is 29.7 Å². The van der Waals surface area contributed by atoms with Crippen LogP contribution in [0.15, 0.2) is 33.3 Å². The van der Waals surface area contributed by atoms with Crippen LogP contribution in [0, 0.1) is 0 Å². The number of nitrogens with zero attached hydrogens (tertiary/aromatic N) is 1. The summed E-state index contributed by atoms with van der Waals surface area (Å²) in [4.78, 5) is 16.2. The zero-order valence-corrected chi connectivity index (χ0v) is 15.6. The molecule has 1 heterocycles. The Balaban J connectivity index is 1.97. The number of amides is 1. The molecule has 0 aliphatic carbocycles. The maximum atomic E-state index is 11.9. The molecule has 0 saturated heterocycles. The van der Waals surface area contributed by atoms with Gasteiger partial charge in [-0.25, -0.2) is 4.79 Å². The van der Waals surface area contributed by atoms with Crippen LogP contribution in [0.2, 0.25) is 0 Å². The van der Waals surface area contributed by atoms with Crippen LogP contribution in [0.25, 0.3) is 10.9 Å². The van der Waals surface area contributed by atoms with Gasteiger partial charge in [0.1, 0.15) is 5.52 Å². The third kappa shape index (κ3) is 5.13. The average Bonchev–Trinajstić information content (AvgIpc) is 2.55. The molecule has 0 saturated carbocycles. The summed E-state index contributed by atoms with van der Waals surface area (Å²) in [6.45, 7) is 1.75. The molecule has 1 aromatic carbocycles. The fourth-order valence-electron chi connectivity index (χ4n) is 1.84. The SMILES string of the molecule is COCCOCCNC(=O)Oc1c(Br)cc(Br)c2cccnc12. The zero-order chi connectivity index (χ0) is 16.7. The minimum atomic E-state index is -0.560. The molecule has 0 fully saturated rings. The summed E-state index contributed by atoms with van der Waals surface area (Å²) in [6, 6.07) is 5.54. The van der Waals surface area contributed by atoms with Crippen LogP contribution in [0.3, 0.4) is 0 Å². The van der Waals surface area contributed by atoms with Crippen molar-refractivity contribution >= 4 is 48.9 Å². The fourth-order valence-corrected chi connectivity index (χ4v) is 3.20. The van der Waals surface area contributed by atoms with E-state index in [9.17, 15) is 4.79 Å². The van der Waals surface area contributed by atoms with Crippen molar-refractivity contribution in [3.05, 3.63) is 33.3 Å². The standard InChI is InChI=1S/C15H16Br2N2O4/c1-21-7-8-22-6-5-19-15(20)23-14-12(17)9-11(16)10-3-2-4-18-13(10)14/h2-4,9H,5-8H2,1H3,(H,19,20). The predicted octanol–water partition coefficient (Wildman–Crippen LogP) is 3.51. The van der Waals surface area contributed by atoms with Crippen LogP contribution >= 0.6 is 31.9 Å². The Hall–Kier alpha value is -1.22. The highest BCUT2D eigenvalue weighted by Crippen LogP contribution is 2.37. The Bertz CT molecular complexity index is 682. The van der Waals surface area contributed by atoms with E-state index in [-0.39, 0.29) is 0 Å². The number of aromatic nitrogens is 1. The van der Waals surface area contributed by atoms with E-state index in [4.69, 9.17) is 14.2 Å². The minimum absolute atomic E-state index is 0.349. The van der Waals surface area contributed by atoms with Crippen molar-refractivity contribution < 1.29 is 19.0 Å². The molecule has 0 spiro atoms. The monoisotopic (exact) mass is 446 g/mol. The summed E-state index contributed by atoms with van der Waals surface area (Å²) < 4.78 is 17.0. The number of ether oxygens (including phenoxy) is 3. The summed E-state index contributed by atoms with van der Waals surface area (Å²) in [5.74, 6) is 0.376. The van der Waals surface area contributed by atoms with E-state index < -0.39 is 6.09 Å². The maximum absolute atomic E-state index is 11.9. The van der Waals surface area contributed by atoms with Crippen molar-refractivity contribution in [2.45, 2.75) is 0 Å². The lowest BCUT2D eigenvalue weighted by Gasteiger charge is -2.11. The number of rotatable bonds is 7. The van der Waals surface area contributed by atoms with E-state index in [1.165, 1.54) is 0 Å². The molecule has 0 atom stereocenters. The third-order valence-corrected chi connectivity index (χ3v) is 4.14. The van der Waals surface area contributed by atoms with E-state index in [1.54, 1.807) is 13.3 Å². The van der Waals surface area contributed by atoms with Gasteiger partial charge in [0.2, 0.25) is 0 Å². The Morgan fingerprint density at radius 1 is 1.26 bits per heavy atom. The molecule has 0 unspecified atom stereocenters. The molecule has 8 heteroatoms. The van der Waals surface area contributed by atoms with Crippen molar-refractivity contribution in [1.29, 1.82) is 0 Å². The molecule has 1 amide bonds. The molecule has 0 aliphatic heterocycles. The van der Waals surface area contributed by atoms with Crippen molar-refractivity contribution in [3.63, 3.8) is 0 Å². The van der Waals surface area contributed by atoms with Crippen LogP contribution < -0.4 is 10.1 Å². The van der Waals surface area contributed by atoms with Crippen LogP contribution in [-0.4, -0.2) is 44.6 Å². The molecule has 6 nitrogen and oxygen atoms in total. The van der Waals surface area contributed by atoms with Crippen LogP contribution in [0.4, 0.5) is 4.79 Å². The van der Waals surface area contributed by atoms with Crippen molar-refractivity contribution in [3.8, 4) is 5.75 Å². The molecular weight excluding hydrogens is 432 g/mol. The second kappa shape index (κ2) is 9.17. The van der Waals surface area contributed by atoms with Gasteiger partial charge in [-0.3, -0.25) is 4.98 Å². The summed E-state index contributed by atoms with van der Waals surface area (Å²) in [5.41, 5.74) is 0.597. The molecule has 124 valence electrons. The second-order valence-electron chi connectivity index (χ2n) is 4.49. The topological polar surface area (TPSA) is 69.7 Å². The number of carbonyl (C=O) groups is 1. The largest absolute Gasteiger partial charge is 0.412 e. The van der Waals surface area contributed by atoms with Gasteiger partial charge in [-0.2, -0.15) is 0 Å². The molecule has 2 rings (SSSR count). The van der Waals surface area contributed by atoms with Gasteiger partial charge in [0.05, 0.1) is 24.3 Å². The lowest BCUT2D eigenvalue weighted by atomic mass is 10.2. The van der Waals surface area contributed by atoms with Gasteiger partial charge in [0.15, 0.2) is 5.75 Å². The van der Waals surface area contributed by atoms with E-state index in [0.29, 0.717) is 42.1 Å². The molecule has 1 aromatic heterocycles. The number of fused-ring (bicyclic) bond motifs is 1. The van der Waals surface area contributed by atoms with Gasteiger partial charge in [0.25, 0.3) is 0 Å². The van der Waals surface area contributed by atoms with E-state index in [0.717, 1.165) is 9.86 Å². The number of pyridine rings is 1. The molecule has 2 aromatic rings. The molecule has 0 bridgehead atoms. The number of hydrogen-bond donors (Lipinski definition) is 1. The average molecular weight is 448 g/mol. The Morgan fingerprint density at radius 2 is 2.09 bits per heavy atom. The first-order chi connectivity index (χ1) is 11.1. The van der Waals surface area contributed by atoms with Crippen molar-refractivity contribution in [2.24, 2.45) is 0 Å². The van der Waals surface area contributed by atoms with Gasteiger partial charge in [-0.05, 0) is 28.1 Å². The highest BCUT2D eigenvalue weighted by molar-refractivity contribution is 9.11. The molecule has 0 aliphatic rings. The van der Waals surface area contributed by atoms with Gasteiger partial charge in [-0.1, -0.05) is 22.0 Å². The molecule has 23 heavy (non-hydrogen) atoms. The third-order valence-electron chi connectivity index (χ3n) is 2.89. The Labute approximate surface area is 150 Å². The second-order valence-corrected chi connectivity index (χ2v) is 6.20. The highest BCUT2D eigenvalue weighted by atomic mass is 79.9. The molecule has 0 radical (unpaired) electrons. The van der Waals surface area contributed by atoms with E-state index >= 15 is 0 Å². The lowest BCUT2D eigenvalue weighted by molar-refractivity contribution is 0.0720. The minimum Gasteiger partial charge on any atom is -0.407 e. The predicted molar refractivity (Wildman–Crippen MR) is 93.9 cm³/mol. The number of methoxy groups -OCH3 is 1. The lowest BCUT2D eigenvalue weighted by Crippen LogP contribution is -2.30. The van der Waals surface area contributed by atoms with E-state index in [2.05, 4.69) is 42.2 Å². The van der Waals surface area contributed by atoms with Crippen molar-refractivity contribution in [1.82, 2.24) is 10.3 Å². The van der Waals surface area contributed by atoms with Crippen LogP contribution in [0.1, 0.15) is 0 Å². The summed E-state index contributed by atoms with van der Waals surface area (Å²) >= 11 is 6.86. The quantitative estimate of drug-likeness (QED) is 0.657. The van der Waals surface area contributed by atoms with Crippen molar-refractivity contribution in [2.75, 3.05) is 33.5 Å². The first-order valence-corrected chi connectivity index (χ1v) is 8.47. The summed E-state index contributed by atoms with van der Waals surface area (Å²) in [6.07, 6.45) is 1.09. The normalized spacial score (nSPS) is 10.7. The van der Waals surface area contributed by atoms with Crippen LogP contribution in [-0.2, 0) is 9.47 Å². The Kier molecular flexibility index (Phi) is 7.22. The number of benzene rings is 1. The first-order valence-electron chi connectivity index (χ1n) is 6.88. The number of halogens is 2. The smallest absolute Gasteiger partial charge is 0.407 e. The van der Waals surface area contributed by atoms with Gasteiger partial charge < -0.3 is 19.5 Å². The first kappa shape index (κ1) is 18.1. The summed E-state index contributed by atoms with van der Waals surface area (Å²) in [5, 5.41) is 3.49. The zero-order valence-electron chi connectivity index (χ0n) is 12.5. The van der Waals surface area contributed by atoms with E-state index in [1.807, 2.05) is 18.2 Å². The number of carbonyl (C=O) groups excluding carboxylic acids is 1. The van der Waals surface area contributed by atoms with Gasteiger partial charge in [-0.15, -0.1) is 0 Å². The maximum Gasteiger partial charge on any atom is 0.412 e. The van der Waals surface area contributed by atoms with Crippen LogP contribution in [0.5, 0.6) is 5.75 Å². The van der Waals surface area contributed by atoms with Gasteiger partial charge >= 0.3 is 6.09 Å².